The lowest BCUT2D eigenvalue weighted by molar-refractivity contribution is -0.117. The molecule has 8 heteroatoms. The van der Waals surface area contributed by atoms with Crippen molar-refractivity contribution in [3.63, 3.8) is 0 Å². The number of Topliss-reactive ketones (excluding diaryl/α,β-unsaturated/α-hetero) is 3. The number of hydrogen-bond donors (Lipinski definition) is 2. The van der Waals surface area contributed by atoms with E-state index in [2.05, 4.69) is 33.0 Å². The number of hydrogen-bond acceptors (Lipinski definition) is 7. The van der Waals surface area contributed by atoms with Crippen LogP contribution in [0.15, 0.2) is 97.1 Å². The summed E-state index contributed by atoms with van der Waals surface area (Å²) in [5, 5.41) is 12.5. The van der Waals surface area contributed by atoms with Crippen molar-refractivity contribution < 1.29 is 33.8 Å². The van der Waals surface area contributed by atoms with Crippen molar-refractivity contribution in [2.24, 2.45) is 5.92 Å². The van der Waals surface area contributed by atoms with E-state index in [4.69, 9.17) is 14.6 Å². The Morgan fingerprint density at radius 2 is 1.06 bits per heavy atom. The van der Waals surface area contributed by atoms with Crippen LogP contribution in [-0.2, 0) is 22.4 Å². The minimum Gasteiger partial charge on any atom is -0.478 e. The second-order valence-corrected chi connectivity index (χ2v) is 14.4. The molecule has 0 bridgehead atoms. The first-order valence-electron chi connectivity index (χ1n) is 16.8. The molecule has 0 unspecified atom stereocenters. The fourth-order valence-corrected chi connectivity index (χ4v) is 6.72. The van der Waals surface area contributed by atoms with E-state index in [1.54, 1.807) is 31.2 Å². The summed E-state index contributed by atoms with van der Waals surface area (Å²) in [6, 6.07) is 28.3. The maximum atomic E-state index is 12.9. The molecule has 262 valence electrons. The quantitative estimate of drug-likeness (QED) is 0.143. The van der Waals surface area contributed by atoms with Crippen LogP contribution in [-0.4, -0.2) is 39.5 Å². The van der Waals surface area contributed by atoms with Crippen LogP contribution in [0.3, 0.4) is 0 Å². The third-order valence-electron chi connectivity index (χ3n) is 8.20. The largest absolute Gasteiger partial charge is 0.478 e. The Bertz CT molecular complexity index is 1790. The van der Waals surface area contributed by atoms with E-state index < -0.39 is 5.97 Å². The molecule has 0 amide bonds. The zero-order chi connectivity index (χ0) is 36.5. The highest BCUT2D eigenvalue weighted by Gasteiger charge is 2.38. The topological polar surface area (TPSA) is 119 Å². The van der Waals surface area contributed by atoms with E-state index in [9.17, 15) is 19.2 Å². The Labute approximate surface area is 294 Å². The molecule has 1 aliphatic rings. The van der Waals surface area contributed by atoms with E-state index >= 15 is 0 Å². The number of carbonyl (C=O) groups is 4. The number of carboxylic acids is 1. The van der Waals surface area contributed by atoms with Crippen molar-refractivity contribution in [3.8, 4) is 23.0 Å². The average Bonchev–Trinajstić information content (AvgIpc) is 3.00. The van der Waals surface area contributed by atoms with Crippen molar-refractivity contribution in [2.75, 3.05) is 0 Å². The maximum Gasteiger partial charge on any atom is 0.335 e. The van der Waals surface area contributed by atoms with Crippen molar-refractivity contribution >= 4 is 23.3 Å². The van der Waals surface area contributed by atoms with Crippen molar-refractivity contribution in [3.05, 3.63) is 119 Å². The van der Waals surface area contributed by atoms with Gasteiger partial charge in [-0.15, -0.1) is 0 Å². The Hall–Kier alpha value is -5.08. The number of ketones is 3. The predicted molar refractivity (Wildman–Crippen MR) is 195 cm³/mol. The van der Waals surface area contributed by atoms with Gasteiger partial charge in [-0.3, -0.25) is 14.4 Å². The van der Waals surface area contributed by atoms with Gasteiger partial charge in [0.25, 0.3) is 0 Å². The Morgan fingerprint density at radius 3 is 1.46 bits per heavy atom. The third-order valence-corrected chi connectivity index (χ3v) is 8.20. The fraction of sp³-hybridized carbons (Fsp3) is 0.333. The predicted octanol–water partition coefficient (Wildman–Crippen LogP) is 9.05. The summed E-state index contributed by atoms with van der Waals surface area (Å²) in [5.41, 5.74) is 2.84. The van der Waals surface area contributed by atoms with Crippen LogP contribution in [0.25, 0.3) is 0 Å². The van der Waals surface area contributed by atoms with Crippen molar-refractivity contribution in [1.29, 1.82) is 0 Å². The number of carbonyl (C=O) groups excluding carboxylic acids is 3. The first-order valence-corrected chi connectivity index (χ1v) is 16.8. The van der Waals surface area contributed by atoms with Crippen LogP contribution in [0.5, 0.6) is 23.0 Å². The number of aromatic carboxylic acids is 1. The van der Waals surface area contributed by atoms with E-state index in [1.807, 2.05) is 60.7 Å². The molecule has 1 saturated heterocycles. The minimum absolute atomic E-state index is 0.0430. The number of rotatable bonds is 12. The number of carboxylic acid groups (broad SMARTS) is 1. The fourth-order valence-electron chi connectivity index (χ4n) is 6.72. The van der Waals surface area contributed by atoms with Gasteiger partial charge < -0.3 is 19.9 Å². The SMILES string of the molecule is CC(=O)Cc1cccc(Oc2ccc(C(=O)CC3CC(C)(C)NC(C)(C)C3)cc2)c1.CC(=O)Cc1cccc(Oc2ccc(C(=O)O)cc2)c1. The molecular weight excluding hydrogens is 630 g/mol. The van der Waals surface area contributed by atoms with Gasteiger partial charge >= 0.3 is 5.97 Å². The third kappa shape index (κ3) is 12.1. The van der Waals surface area contributed by atoms with E-state index in [1.165, 1.54) is 19.1 Å². The number of piperidine rings is 1. The minimum atomic E-state index is -0.972. The number of benzene rings is 4. The first kappa shape index (κ1) is 37.7. The van der Waals surface area contributed by atoms with Crippen LogP contribution in [0.4, 0.5) is 0 Å². The van der Waals surface area contributed by atoms with Gasteiger partial charge in [-0.2, -0.15) is 0 Å². The molecular formula is C42H47NO7. The highest BCUT2D eigenvalue weighted by Crippen LogP contribution is 2.35. The van der Waals surface area contributed by atoms with Gasteiger partial charge in [-0.25, -0.2) is 4.79 Å². The molecule has 50 heavy (non-hydrogen) atoms. The van der Waals surface area contributed by atoms with Gasteiger partial charge in [0.05, 0.1) is 5.56 Å². The smallest absolute Gasteiger partial charge is 0.335 e. The van der Waals surface area contributed by atoms with Crippen molar-refractivity contribution in [1.82, 2.24) is 5.32 Å². The van der Waals surface area contributed by atoms with Gasteiger partial charge in [0.2, 0.25) is 0 Å². The molecule has 0 spiro atoms. The summed E-state index contributed by atoms with van der Waals surface area (Å²) >= 11 is 0. The molecule has 2 N–H and O–H groups in total. The molecule has 0 saturated carbocycles. The van der Waals surface area contributed by atoms with E-state index in [0.29, 0.717) is 48.2 Å². The molecule has 0 atom stereocenters. The summed E-state index contributed by atoms with van der Waals surface area (Å²) < 4.78 is 11.5. The van der Waals surface area contributed by atoms with Gasteiger partial charge in [-0.05, 0) is 144 Å². The van der Waals surface area contributed by atoms with Crippen LogP contribution in [0.1, 0.15) is 92.6 Å². The molecule has 0 aromatic heterocycles. The zero-order valence-corrected chi connectivity index (χ0v) is 29.7. The highest BCUT2D eigenvalue weighted by molar-refractivity contribution is 5.96. The maximum absolute atomic E-state index is 12.9. The van der Waals surface area contributed by atoms with Crippen LogP contribution in [0, 0.1) is 5.92 Å². The molecule has 0 aliphatic carbocycles. The summed E-state index contributed by atoms with van der Waals surface area (Å²) in [6.07, 6.45) is 3.34. The first-order chi connectivity index (χ1) is 23.6. The number of ether oxygens (including phenoxy) is 2. The molecule has 0 radical (unpaired) electrons. The van der Waals surface area contributed by atoms with Crippen molar-refractivity contribution in [2.45, 2.75) is 84.7 Å². The zero-order valence-electron chi connectivity index (χ0n) is 29.7. The Balaban J connectivity index is 0.000000244. The van der Waals surface area contributed by atoms with E-state index in [0.717, 1.165) is 29.5 Å². The normalized spacial score (nSPS) is 14.8. The molecule has 1 fully saturated rings. The van der Waals surface area contributed by atoms with Crippen LogP contribution >= 0.6 is 0 Å². The summed E-state index contributed by atoms with van der Waals surface area (Å²) in [5.74, 6) is 2.33. The molecule has 1 heterocycles. The second kappa shape index (κ2) is 16.5. The second-order valence-electron chi connectivity index (χ2n) is 14.4. The molecule has 8 nitrogen and oxygen atoms in total. The summed E-state index contributed by atoms with van der Waals surface area (Å²) in [6.45, 7) is 12.0. The lowest BCUT2D eigenvalue weighted by atomic mass is 9.74. The van der Waals surface area contributed by atoms with Crippen LogP contribution in [0.2, 0.25) is 0 Å². The number of nitrogens with one attached hydrogen (secondary N) is 1. The van der Waals surface area contributed by atoms with Gasteiger partial charge in [0.15, 0.2) is 5.78 Å². The van der Waals surface area contributed by atoms with Gasteiger partial charge in [-0.1, -0.05) is 24.3 Å². The summed E-state index contributed by atoms with van der Waals surface area (Å²) in [4.78, 5) is 46.0. The standard InChI is InChI=1S/C26H33NO3.C16H14O4/c1-18(28)13-19-7-6-8-23(14-19)30-22-11-9-21(10-12-22)24(29)15-20-16-25(2,3)27-26(4,5)17-20;1-11(17)9-12-3-2-4-15(10-12)20-14-7-5-13(6-8-14)16(18)19/h6-12,14,20,27H,13,15-17H2,1-5H3;2-8,10H,9H2,1H3,(H,18,19). The Morgan fingerprint density at radius 1 is 0.640 bits per heavy atom. The molecule has 5 rings (SSSR count). The lowest BCUT2D eigenvalue weighted by Gasteiger charge is -2.46. The highest BCUT2D eigenvalue weighted by atomic mass is 16.5. The molecule has 4 aromatic carbocycles. The monoisotopic (exact) mass is 677 g/mol. The molecule has 4 aromatic rings. The van der Waals surface area contributed by atoms with Gasteiger partial charge in [0, 0.05) is 35.9 Å². The lowest BCUT2D eigenvalue weighted by Crippen LogP contribution is -2.57. The van der Waals surface area contributed by atoms with Gasteiger partial charge in [0.1, 0.15) is 34.6 Å². The average molecular weight is 678 g/mol. The van der Waals surface area contributed by atoms with Crippen LogP contribution < -0.4 is 14.8 Å². The van der Waals surface area contributed by atoms with E-state index in [-0.39, 0.29) is 34.0 Å². The molecule has 1 aliphatic heterocycles. The summed E-state index contributed by atoms with van der Waals surface area (Å²) in [7, 11) is 0. The Kier molecular flexibility index (Phi) is 12.5.